The highest BCUT2D eigenvalue weighted by molar-refractivity contribution is 6.09. The van der Waals surface area contributed by atoms with Crippen molar-refractivity contribution in [2.45, 2.75) is 20.8 Å². The number of benzene rings is 1. The predicted molar refractivity (Wildman–Crippen MR) is 87.2 cm³/mol. The van der Waals surface area contributed by atoms with Crippen LogP contribution < -0.4 is 10.2 Å². The molecule has 1 N–H and O–H groups in total. The Labute approximate surface area is 125 Å². The summed E-state index contributed by atoms with van der Waals surface area (Å²) in [7, 11) is 3.60. The van der Waals surface area contributed by atoms with Crippen molar-refractivity contribution in [3.05, 3.63) is 52.8 Å². The van der Waals surface area contributed by atoms with Crippen molar-refractivity contribution < 1.29 is 4.79 Å². The van der Waals surface area contributed by atoms with Crippen LogP contribution >= 0.6 is 0 Å². The Hall–Kier alpha value is -2.36. The lowest BCUT2D eigenvalue weighted by molar-refractivity contribution is 0.0993. The maximum Gasteiger partial charge on any atom is 0.261 e. The van der Waals surface area contributed by atoms with Gasteiger partial charge in [0.25, 0.3) is 5.91 Å². The summed E-state index contributed by atoms with van der Waals surface area (Å²) in [5, 5.41) is 3.06. The third kappa shape index (κ3) is 3.05. The Morgan fingerprint density at radius 2 is 1.90 bits per heavy atom. The molecule has 0 spiro atoms. The van der Waals surface area contributed by atoms with E-state index in [1.165, 1.54) is 5.56 Å². The van der Waals surface area contributed by atoms with Crippen LogP contribution in [0.15, 0.2) is 30.5 Å². The first kappa shape index (κ1) is 15.0. The SMILES string of the molecule is CNc1cc(C)ncc1C(=O)N(C)c1ccc(C)cc1C. The Morgan fingerprint density at radius 1 is 1.19 bits per heavy atom. The van der Waals surface area contributed by atoms with Crippen LogP contribution in [0.2, 0.25) is 0 Å². The molecule has 1 aromatic carbocycles. The molecule has 0 atom stereocenters. The minimum Gasteiger partial charge on any atom is -0.387 e. The van der Waals surface area contributed by atoms with E-state index in [0.717, 1.165) is 22.6 Å². The Kier molecular flexibility index (Phi) is 4.26. The van der Waals surface area contributed by atoms with Gasteiger partial charge >= 0.3 is 0 Å². The van der Waals surface area contributed by atoms with Crippen LogP contribution in [0.4, 0.5) is 11.4 Å². The molecule has 0 unspecified atom stereocenters. The van der Waals surface area contributed by atoms with E-state index >= 15 is 0 Å². The topological polar surface area (TPSA) is 45.2 Å². The van der Waals surface area contributed by atoms with Gasteiger partial charge in [-0.2, -0.15) is 0 Å². The zero-order valence-electron chi connectivity index (χ0n) is 13.2. The number of pyridine rings is 1. The third-order valence-corrected chi connectivity index (χ3v) is 3.56. The largest absolute Gasteiger partial charge is 0.387 e. The first-order chi connectivity index (χ1) is 9.93. The number of nitrogens with one attached hydrogen (secondary N) is 1. The number of carbonyl (C=O) groups excluding carboxylic acids is 1. The van der Waals surface area contributed by atoms with Crippen LogP contribution in [0.3, 0.4) is 0 Å². The minimum absolute atomic E-state index is 0.0706. The summed E-state index contributed by atoms with van der Waals surface area (Å²) in [6.07, 6.45) is 1.63. The molecule has 4 heteroatoms. The number of rotatable bonds is 3. The summed E-state index contributed by atoms with van der Waals surface area (Å²) in [5.74, 6) is -0.0706. The Bertz CT molecular complexity index is 680. The summed E-state index contributed by atoms with van der Waals surface area (Å²) in [5.41, 5.74) is 5.43. The lowest BCUT2D eigenvalue weighted by Crippen LogP contribution is -2.27. The fourth-order valence-corrected chi connectivity index (χ4v) is 2.41. The first-order valence-corrected chi connectivity index (χ1v) is 6.93. The van der Waals surface area contributed by atoms with Crippen molar-refractivity contribution in [2.24, 2.45) is 0 Å². The Balaban J connectivity index is 2.39. The van der Waals surface area contributed by atoms with E-state index in [1.54, 1.807) is 18.1 Å². The van der Waals surface area contributed by atoms with Gasteiger partial charge in [-0.25, -0.2) is 0 Å². The molecular weight excluding hydrogens is 262 g/mol. The van der Waals surface area contributed by atoms with Gasteiger partial charge in [-0.1, -0.05) is 17.7 Å². The van der Waals surface area contributed by atoms with Crippen LogP contribution in [0.1, 0.15) is 27.2 Å². The molecule has 4 nitrogen and oxygen atoms in total. The van der Waals surface area contributed by atoms with Gasteiger partial charge in [0.1, 0.15) is 0 Å². The van der Waals surface area contributed by atoms with Crippen molar-refractivity contribution in [1.29, 1.82) is 0 Å². The van der Waals surface area contributed by atoms with E-state index in [-0.39, 0.29) is 5.91 Å². The number of nitrogens with zero attached hydrogens (tertiary/aromatic N) is 2. The molecule has 0 aliphatic rings. The van der Waals surface area contributed by atoms with Crippen LogP contribution in [0.5, 0.6) is 0 Å². The van der Waals surface area contributed by atoms with Crippen molar-refractivity contribution in [1.82, 2.24) is 4.98 Å². The van der Waals surface area contributed by atoms with E-state index in [2.05, 4.69) is 16.4 Å². The monoisotopic (exact) mass is 283 g/mol. The number of aromatic nitrogens is 1. The molecular formula is C17H21N3O. The summed E-state index contributed by atoms with van der Waals surface area (Å²) >= 11 is 0. The third-order valence-electron chi connectivity index (χ3n) is 3.56. The van der Waals surface area contributed by atoms with Crippen molar-refractivity contribution in [2.75, 3.05) is 24.3 Å². The van der Waals surface area contributed by atoms with Gasteiger partial charge in [0.15, 0.2) is 0 Å². The van der Waals surface area contributed by atoms with E-state index in [1.807, 2.05) is 46.0 Å². The zero-order chi connectivity index (χ0) is 15.6. The summed E-state index contributed by atoms with van der Waals surface area (Å²) in [4.78, 5) is 18.6. The number of anilines is 2. The van der Waals surface area contributed by atoms with Gasteiger partial charge in [0.05, 0.1) is 11.3 Å². The molecule has 2 aromatic rings. The van der Waals surface area contributed by atoms with E-state index in [0.29, 0.717) is 5.56 Å². The molecule has 0 saturated heterocycles. The van der Waals surface area contributed by atoms with Crippen LogP contribution in [-0.4, -0.2) is 25.0 Å². The fourth-order valence-electron chi connectivity index (χ4n) is 2.41. The maximum absolute atomic E-state index is 12.7. The summed E-state index contributed by atoms with van der Waals surface area (Å²) in [6, 6.07) is 7.94. The molecule has 110 valence electrons. The highest BCUT2D eigenvalue weighted by Gasteiger charge is 2.18. The molecule has 0 aliphatic carbocycles. The molecule has 0 bridgehead atoms. The highest BCUT2D eigenvalue weighted by atomic mass is 16.2. The van der Waals surface area contributed by atoms with Gasteiger partial charge in [0, 0.05) is 31.7 Å². The number of amides is 1. The second-order valence-electron chi connectivity index (χ2n) is 5.28. The second-order valence-corrected chi connectivity index (χ2v) is 5.28. The molecule has 0 radical (unpaired) electrons. The number of carbonyl (C=O) groups is 1. The smallest absolute Gasteiger partial charge is 0.261 e. The molecule has 0 saturated carbocycles. The number of hydrogen-bond acceptors (Lipinski definition) is 3. The number of hydrogen-bond donors (Lipinski definition) is 1. The summed E-state index contributed by atoms with van der Waals surface area (Å²) < 4.78 is 0. The normalized spacial score (nSPS) is 10.3. The van der Waals surface area contributed by atoms with Crippen LogP contribution in [0.25, 0.3) is 0 Å². The average molecular weight is 283 g/mol. The van der Waals surface area contributed by atoms with Gasteiger partial charge < -0.3 is 10.2 Å². The van der Waals surface area contributed by atoms with Crippen LogP contribution in [-0.2, 0) is 0 Å². The zero-order valence-corrected chi connectivity index (χ0v) is 13.2. The maximum atomic E-state index is 12.7. The lowest BCUT2D eigenvalue weighted by atomic mass is 10.1. The molecule has 0 aliphatic heterocycles. The highest BCUT2D eigenvalue weighted by Crippen LogP contribution is 2.24. The van der Waals surface area contributed by atoms with Gasteiger partial charge in [-0.15, -0.1) is 0 Å². The standard InChI is InChI=1S/C17H21N3O/c1-11-6-7-16(12(2)8-11)20(5)17(21)14-10-19-13(3)9-15(14)18-4/h6-10H,1-5H3,(H,18,19). The second kappa shape index (κ2) is 5.95. The van der Waals surface area contributed by atoms with E-state index in [9.17, 15) is 4.79 Å². The molecule has 2 rings (SSSR count). The molecule has 1 amide bonds. The first-order valence-electron chi connectivity index (χ1n) is 6.93. The predicted octanol–water partition coefficient (Wildman–Crippen LogP) is 3.33. The van der Waals surface area contributed by atoms with Gasteiger partial charge in [-0.05, 0) is 38.5 Å². The van der Waals surface area contributed by atoms with Crippen LogP contribution in [0, 0.1) is 20.8 Å². The van der Waals surface area contributed by atoms with Crippen molar-refractivity contribution in [3.8, 4) is 0 Å². The van der Waals surface area contributed by atoms with E-state index in [4.69, 9.17) is 0 Å². The summed E-state index contributed by atoms with van der Waals surface area (Å²) in [6.45, 7) is 5.96. The molecule has 0 fully saturated rings. The number of aryl methyl sites for hydroxylation is 3. The van der Waals surface area contributed by atoms with Gasteiger partial charge in [0.2, 0.25) is 0 Å². The lowest BCUT2D eigenvalue weighted by Gasteiger charge is -2.21. The molecule has 1 heterocycles. The minimum atomic E-state index is -0.0706. The fraction of sp³-hybridized carbons (Fsp3) is 0.294. The molecule has 21 heavy (non-hydrogen) atoms. The quantitative estimate of drug-likeness (QED) is 0.939. The average Bonchev–Trinajstić information content (AvgIpc) is 2.45. The Morgan fingerprint density at radius 3 is 2.52 bits per heavy atom. The van der Waals surface area contributed by atoms with Crippen molar-refractivity contribution in [3.63, 3.8) is 0 Å². The van der Waals surface area contributed by atoms with E-state index < -0.39 is 0 Å². The van der Waals surface area contributed by atoms with Gasteiger partial charge in [-0.3, -0.25) is 9.78 Å². The van der Waals surface area contributed by atoms with Crippen molar-refractivity contribution >= 4 is 17.3 Å². The molecule has 1 aromatic heterocycles.